The number of nitrogens with one attached hydrogen (secondary N) is 1. The molecule has 3 atom stereocenters. The topological polar surface area (TPSA) is 64.1 Å². The lowest BCUT2D eigenvalue weighted by molar-refractivity contribution is -0.142. The molecule has 0 saturated carbocycles. The summed E-state index contributed by atoms with van der Waals surface area (Å²) < 4.78 is 5.17. The van der Waals surface area contributed by atoms with E-state index in [9.17, 15) is 4.79 Å². The van der Waals surface area contributed by atoms with Gasteiger partial charge in [-0.1, -0.05) is 24.3 Å². The molecule has 0 amide bonds. The zero-order chi connectivity index (χ0) is 15.5. The predicted octanol–water partition coefficient (Wildman–Crippen LogP) is 2.50. The van der Waals surface area contributed by atoms with E-state index in [1.165, 1.54) is 6.33 Å². The number of hydrogen-bond donors (Lipinski definition) is 1. The first kappa shape index (κ1) is 14.7. The van der Waals surface area contributed by atoms with Crippen molar-refractivity contribution in [2.24, 2.45) is 0 Å². The molecule has 1 aliphatic rings. The van der Waals surface area contributed by atoms with E-state index in [2.05, 4.69) is 34.3 Å². The highest BCUT2D eigenvalue weighted by molar-refractivity contribution is 5.78. The van der Waals surface area contributed by atoms with E-state index in [0.29, 0.717) is 0 Å². The van der Waals surface area contributed by atoms with E-state index >= 15 is 0 Å². The van der Waals surface area contributed by atoms with Crippen molar-refractivity contribution in [2.75, 3.05) is 0 Å². The average Bonchev–Trinajstić information content (AvgIpc) is 2.86. The van der Waals surface area contributed by atoms with Gasteiger partial charge in [-0.3, -0.25) is 10.1 Å². The highest BCUT2D eigenvalue weighted by atomic mass is 16.6. The third kappa shape index (κ3) is 3.14. The standard InChI is InChI=1S/C17H19N3O2/c1-11-7-16(17(21)22-11)20-12(2)13-3-5-14(6-4-13)15-8-18-10-19-9-15/h3-6,8-12,16,20H,7H2,1-2H3/t11-,12+,16-/m1/s1. The molecule has 1 aromatic heterocycles. The van der Waals surface area contributed by atoms with Crippen molar-refractivity contribution < 1.29 is 9.53 Å². The van der Waals surface area contributed by atoms with Crippen LogP contribution in [0.3, 0.4) is 0 Å². The summed E-state index contributed by atoms with van der Waals surface area (Å²) in [5.74, 6) is -0.155. The third-order valence-electron chi connectivity index (χ3n) is 3.93. The number of ether oxygens (including phenoxy) is 1. The summed E-state index contributed by atoms with van der Waals surface area (Å²) in [4.78, 5) is 19.7. The van der Waals surface area contributed by atoms with Crippen LogP contribution in [-0.4, -0.2) is 28.1 Å². The summed E-state index contributed by atoms with van der Waals surface area (Å²) in [6.45, 7) is 3.97. The van der Waals surface area contributed by atoms with Crippen molar-refractivity contribution in [2.45, 2.75) is 38.5 Å². The van der Waals surface area contributed by atoms with Crippen LogP contribution in [0.4, 0.5) is 0 Å². The van der Waals surface area contributed by atoms with Crippen molar-refractivity contribution >= 4 is 5.97 Å². The Hall–Kier alpha value is -2.27. The van der Waals surface area contributed by atoms with Gasteiger partial charge < -0.3 is 4.74 Å². The molecule has 5 heteroatoms. The second-order valence-electron chi connectivity index (χ2n) is 5.67. The Bertz CT molecular complexity index is 643. The highest BCUT2D eigenvalue weighted by Gasteiger charge is 2.32. The summed E-state index contributed by atoms with van der Waals surface area (Å²) >= 11 is 0. The van der Waals surface area contributed by atoms with Gasteiger partial charge in [0, 0.05) is 30.4 Å². The lowest BCUT2D eigenvalue weighted by Gasteiger charge is -2.17. The summed E-state index contributed by atoms with van der Waals surface area (Å²) in [5, 5.41) is 3.34. The summed E-state index contributed by atoms with van der Waals surface area (Å²) in [6, 6.07) is 8.08. The number of cyclic esters (lactones) is 1. The zero-order valence-corrected chi connectivity index (χ0v) is 12.7. The molecular weight excluding hydrogens is 278 g/mol. The lowest BCUT2D eigenvalue weighted by atomic mass is 10.0. The van der Waals surface area contributed by atoms with Gasteiger partial charge in [-0.25, -0.2) is 9.97 Å². The monoisotopic (exact) mass is 297 g/mol. The number of hydrogen-bond acceptors (Lipinski definition) is 5. The maximum absolute atomic E-state index is 11.7. The molecule has 2 aromatic rings. The normalized spacial score (nSPS) is 22.4. The highest BCUT2D eigenvalue weighted by Crippen LogP contribution is 2.22. The SMILES string of the molecule is C[C@@H]1C[C@@H](N[C@@H](C)c2ccc(-c3cncnc3)cc2)C(=O)O1. The van der Waals surface area contributed by atoms with Crippen molar-refractivity contribution in [1.29, 1.82) is 0 Å². The number of aromatic nitrogens is 2. The van der Waals surface area contributed by atoms with Crippen LogP contribution in [0.5, 0.6) is 0 Å². The smallest absolute Gasteiger partial charge is 0.323 e. The Morgan fingerprint density at radius 1 is 1.18 bits per heavy atom. The van der Waals surface area contributed by atoms with Gasteiger partial charge in [0.2, 0.25) is 0 Å². The summed E-state index contributed by atoms with van der Waals surface area (Å²) in [6.07, 6.45) is 5.82. The fraction of sp³-hybridized carbons (Fsp3) is 0.353. The molecule has 0 aliphatic carbocycles. The van der Waals surface area contributed by atoms with Crippen LogP contribution in [0.2, 0.25) is 0 Å². The first-order valence-electron chi connectivity index (χ1n) is 7.45. The third-order valence-corrected chi connectivity index (χ3v) is 3.93. The molecule has 0 spiro atoms. The van der Waals surface area contributed by atoms with Crippen LogP contribution in [0.1, 0.15) is 31.9 Å². The van der Waals surface area contributed by atoms with E-state index in [4.69, 9.17) is 4.74 Å². The van der Waals surface area contributed by atoms with Crippen LogP contribution >= 0.6 is 0 Å². The Balaban J connectivity index is 1.69. The van der Waals surface area contributed by atoms with Gasteiger partial charge in [-0.15, -0.1) is 0 Å². The molecule has 1 saturated heterocycles. The molecule has 1 N–H and O–H groups in total. The van der Waals surface area contributed by atoms with Crippen LogP contribution < -0.4 is 5.32 Å². The molecule has 2 heterocycles. The van der Waals surface area contributed by atoms with Crippen molar-refractivity contribution in [3.05, 3.63) is 48.5 Å². The van der Waals surface area contributed by atoms with E-state index in [0.717, 1.165) is 23.1 Å². The van der Waals surface area contributed by atoms with E-state index in [1.807, 2.05) is 19.1 Å². The van der Waals surface area contributed by atoms with Gasteiger partial charge >= 0.3 is 5.97 Å². The van der Waals surface area contributed by atoms with Crippen LogP contribution in [-0.2, 0) is 9.53 Å². The number of nitrogens with zero attached hydrogens (tertiary/aromatic N) is 2. The molecule has 0 radical (unpaired) electrons. The number of carbonyl (C=O) groups is 1. The molecular formula is C17H19N3O2. The predicted molar refractivity (Wildman–Crippen MR) is 83.0 cm³/mol. The van der Waals surface area contributed by atoms with Gasteiger partial charge in [0.15, 0.2) is 0 Å². The summed E-state index contributed by atoms with van der Waals surface area (Å²) in [5.41, 5.74) is 3.20. The van der Waals surface area contributed by atoms with Crippen LogP contribution in [0, 0.1) is 0 Å². The fourth-order valence-corrected chi connectivity index (χ4v) is 2.70. The molecule has 114 valence electrons. The number of rotatable bonds is 4. The lowest BCUT2D eigenvalue weighted by Crippen LogP contribution is -2.35. The first-order valence-corrected chi connectivity index (χ1v) is 7.45. The molecule has 1 fully saturated rings. The second-order valence-corrected chi connectivity index (χ2v) is 5.67. The fourth-order valence-electron chi connectivity index (χ4n) is 2.70. The van der Waals surface area contributed by atoms with Gasteiger partial charge in [0.1, 0.15) is 18.5 Å². The molecule has 22 heavy (non-hydrogen) atoms. The largest absolute Gasteiger partial charge is 0.461 e. The maximum atomic E-state index is 11.7. The molecule has 1 aromatic carbocycles. The summed E-state index contributed by atoms with van der Waals surface area (Å²) in [7, 11) is 0. The number of esters is 1. The van der Waals surface area contributed by atoms with Crippen LogP contribution in [0.15, 0.2) is 43.0 Å². The van der Waals surface area contributed by atoms with E-state index in [-0.39, 0.29) is 24.2 Å². The Labute approximate surface area is 129 Å². The van der Waals surface area contributed by atoms with Crippen molar-refractivity contribution in [3.63, 3.8) is 0 Å². The minimum atomic E-state index is -0.216. The van der Waals surface area contributed by atoms with Crippen LogP contribution in [0.25, 0.3) is 11.1 Å². The number of carbonyl (C=O) groups excluding carboxylic acids is 1. The van der Waals surface area contributed by atoms with Gasteiger partial charge in [0.05, 0.1) is 0 Å². The zero-order valence-electron chi connectivity index (χ0n) is 12.7. The first-order chi connectivity index (χ1) is 10.6. The minimum absolute atomic E-state index is 0.00217. The Kier molecular flexibility index (Phi) is 4.15. The molecule has 1 aliphatic heterocycles. The quantitative estimate of drug-likeness (QED) is 0.878. The Morgan fingerprint density at radius 2 is 1.86 bits per heavy atom. The van der Waals surface area contributed by atoms with E-state index in [1.54, 1.807) is 12.4 Å². The maximum Gasteiger partial charge on any atom is 0.323 e. The van der Waals surface area contributed by atoms with Gasteiger partial charge in [-0.05, 0) is 25.0 Å². The Morgan fingerprint density at radius 3 is 2.45 bits per heavy atom. The molecule has 5 nitrogen and oxygen atoms in total. The van der Waals surface area contributed by atoms with E-state index < -0.39 is 0 Å². The van der Waals surface area contributed by atoms with Gasteiger partial charge in [0.25, 0.3) is 0 Å². The number of benzene rings is 1. The molecule has 0 bridgehead atoms. The second kappa shape index (κ2) is 6.23. The average molecular weight is 297 g/mol. The van der Waals surface area contributed by atoms with Crippen molar-refractivity contribution in [1.82, 2.24) is 15.3 Å². The molecule has 0 unspecified atom stereocenters. The van der Waals surface area contributed by atoms with Gasteiger partial charge in [-0.2, -0.15) is 0 Å². The molecule has 3 rings (SSSR count). The minimum Gasteiger partial charge on any atom is -0.461 e. The van der Waals surface area contributed by atoms with Crippen molar-refractivity contribution in [3.8, 4) is 11.1 Å².